The summed E-state index contributed by atoms with van der Waals surface area (Å²) < 4.78 is 42.1. The Morgan fingerprint density at radius 2 is 1.40 bits per heavy atom. The lowest BCUT2D eigenvalue weighted by Crippen LogP contribution is -2.57. The van der Waals surface area contributed by atoms with Gasteiger partial charge in [0.2, 0.25) is 0 Å². The molecule has 0 aliphatic carbocycles. The van der Waals surface area contributed by atoms with Gasteiger partial charge in [0, 0.05) is 0 Å². The van der Waals surface area contributed by atoms with Crippen LogP contribution in [0.3, 0.4) is 0 Å². The maximum absolute atomic E-state index is 6.51. The van der Waals surface area contributed by atoms with E-state index in [1.807, 2.05) is 62.4 Å². The van der Waals surface area contributed by atoms with E-state index in [-0.39, 0.29) is 29.9 Å². The molecule has 0 N–H and O–H groups in total. The molecule has 2 aliphatic heterocycles. The fraction of sp³-hybridized carbons (Fsp3) is 0.556. The van der Waals surface area contributed by atoms with Gasteiger partial charge in [-0.05, 0) is 55.0 Å². The van der Waals surface area contributed by atoms with Gasteiger partial charge in [0.05, 0.1) is 34.0 Å². The minimum atomic E-state index is -0.722. The molecule has 2 aromatic rings. The molecule has 0 saturated carbocycles. The Hall–Kier alpha value is -1.81. The second kappa shape index (κ2) is 12.0. The number of benzene rings is 2. The molecule has 4 rings (SSSR count). The van der Waals surface area contributed by atoms with Crippen molar-refractivity contribution in [1.29, 1.82) is 0 Å². The lowest BCUT2D eigenvalue weighted by Gasteiger charge is -2.41. The zero-order chi connectivity index (χ0) is 24.8. The van der Waals surface area contributed by atoms with Gasteiger partial charge in [-0.25, -0.2) is 0 Å². The molecule has 2 saturated heterocycles. The van der Waals surface area contributed by atoms with Crippen LogP contribution in [-0.2, 0) is 36.9 Å². The maximum atomic E-state index is 6.51. The summed E-state index contributed by atoms with van der Waals surface area (Å²) in [5, 5.41) is 0. The fourth-order valence-electron chi connectivity index (χ4n) is 4.38. The van der Waals surface area contributed by atoms with Gasteiger partial charge < -0.3 is 33.2 Å². The molecule has 0 unspecified atom stereocenters. The third kappa shape index (κ3) is 6.70. The fourth-order valence-corrected chi connectivity index (χ4v) is 5.35. The molecule has 0 amide bonds. The Morgan fingerprint density at radius 1 is 0.829 bits per heavy atom. The van der Waals surface area contributed by atoms with Crippen molar-refractivity contribution in [3.63, 3.8) is 0 Å². The van der Waals surface area contributed by atoms with Gasteiger partial charge in [0.15, 0.2) is 5.79 Å². The predicted octanol–water partition coefficient (Wildman–Crippen LogP) is 4.80. The van der Waals surface area contributed by atoms with Gasteiger partial charge in [-0.1, -0.05) is 31.2 Å². The van der Waals surface area contributed by atoms with Crippen LogP contribution in [0.15, 0.2) is 48.5 Å². The number of thioether (sulfide) groups is 1. The van der Waals surface area contributed by atoms with E-state index in [1.165, 1.54) is 0 Å². The van der Waals surface area contributed by atoms with Gasteiger partial charge in [-0.2, -0.15) is 0 Å². The van der Waals surface area contributed by atoms with Gasteiger partial charge in [0.1, 0.15) is 41.4 Å². The summed E-state index contributed by atoms with van der Waals surface area (Å²) in [6.45, 7) is 7.31. The van der Waals surface area contributed by atoms with Gasteiger partial charge in [0.25, 0.3) is 0 Å². The van der Waals surface area contributed by atoms with Crippen LogP contribution in [-0.4, -0.2) is 62.2 Å². The molecule has 2 aliphatic rings. The lowest BCUT2D eigenvalue weighted by atomic mass is 10.00. The van der Waals surface area contributed by atoms with Crippen LogP contribution in [0.25, 0.3) is 0 Å². The first-order valence-electron chi connectivity index (χ1n) is 12.0. The molecule has 0 bridgehead atoms. The van der Waals surface area contributed by atoms with Crippen molar-refractivity contribution < 1.29 is 33.2 Å². The van der Waals surface area contributed by atoms with Crippen LogP contribution in [0.2, 0.25) is 0 Å². The van der Waals surface area contributed by atoms with E-state index in [0.29, 0.717) is 19.8 Å². The molecular weight excluding hydrogens is 468 g/mol. The Bertz CT molecular complexity index is 918. The molecule has 0 spiro atoms. The minimum absolute atomic E-state index is 0.188. The molecule has 2 heterocycles. The minimum Gasteiger partial charge on any atom is -0.497 e. The van der Waals surface area contributed by atoms with Crippen molar-refractivity contribution in [3.05, 3.63) is 59.7 Å². The molecule has 0 aromatic heterocycles. The summed E-state index contributed by atoms with van der Waals surface area (Å²) in [5.74, 6) is 1.82. The van der Waals surface area contributed by atoms with Crippen molar-refractivity contribution in [1.82, 2.24) is 0 Å². The molecule has 0 radical (unpaired) electrons. The average Bonchev–Trinajstić information content (AvgIpc) is 3.19. The molecule has 7 nitrogen and oxygen atoms in total. The van der Waals surface area contributed by atoms with Gasteiger partial charge >= 0.3 is 0 Å². The van der Waals surface area contributed by atoms with E-state index in [9.17, 15) is 0 Å². The summed E-state index contributed by atoms with van der Waals surface area (Å²) in [7, 11) is 3.32. The van der Waals surface area contributed by atoms with E-state index in [0.717, 1.165) is 28.4 Å². The lowest BCUT2D eigenvalue weighted by molar-refractivity contribution is -0.192. The van der Waals surface area contributed by atoms with Crippen LogP contribution in [0.1, 0.15) is 31.9 Å². The summed E-state index contributed by atoms with van der Waals surface area (Å²) in [6.07, 6.45) is -1.07. The van der Waals surface area contributed by atoms with E-state index in [2.05, 4.69) is 6.92 Å². The highest BCUT2D eigenvalue weighted by molar-refractivity contribution is 7.99. The number of fused-ring (bicyclic) bond motifs is 1. The highest BCUT2D eigenvalue weighted by Crippen LogP contribution is 2.41. The predicted molar refractivity (Wildman–Crippen MR) is 135 cm³/mol. The van der Waals surface area contributed by atoms with Crippen LogP contribution in [0, 0.1) is 0 Å². The standard InChI is InChI=1S/C27H36O7S/c1-6-35-26-25(31-16-19-9-13-21(29-5)14-10-19)24-23(33-27(2,3)34-24)22(32-26)17-30-15-18-7-11-20(28-4)12-8-18/h7-14,22-26H,6,15-17H2,1-5H3/t22-,23+,24+,25-,26+/m1/s1. The monoisotopic (exact) mass is 504 g/mol. The van der Waals surface area contributed by atoms with Crippen LogP contribution >= 0.6 is 11.8 Å². The molecule has 5 atom stereocenters. The third-order valence-corrected chi connectivity index (χ3v) is 7.11. The van der Waals surface area contributed by atoms with Crippen LogP contribution in [0.5, 0.6) is 11.5 Å². The molecule has 2 aromatic carbocycles. The van der Waals surface area contributed by atoms with Crippen molar-refractivity contribution in [2.24, 2.45) is 0 Å². The zero-order valence-electron chi connectivity index (χ0n) is 21.1. The molecule has 35 heavy (non-hydrogen) atoms. The highest BCUT2D eigenvalue weighted by Gasteiger charge is 2.55. The van der Waals surface area contributed by atoms with Crippen molar-refractivity contribution in [2.75, 3.05) is 26.6 Å². The molecular formula is C27H36O7S. The van der Waals surface area contributed by atoms with Gasteiger partial charge in [-0.3, -0.25) is 0 Å². The van der Waals surface area contributed by atoms with Gasteiger partial charge in [-0.15, -0.1) is 11.8 Å². The highest BCUT2D eigenvalue weighted by atomic mass is 32.2. The Morgan fingerprint density at radius 3 is 1.97 bits per heavy atom. The number of rotatable bonds is 11. The second-order valence-corrected chi connectivity index (χ2v) is 10.4. The Kier molecular flexibility index (Phi) is 8.97. The van der Waals surface area contributed by atoms with Crippen LogP contribution < -0.4 is 9.47 Å². The SMILES string of the molecule is CCS[C@@H]1O[C@H](COCc2ccc(OC)cc2)[C@@H]2OC(C)(C)O[C@@H]2[C@H]1OCc1ccc(OC)cc1. The largest absolute Gasteiger partial charge is 0.497 e. The van der Waals surface area contributed by atoms with E-state index >= 15 is 0 Å². The van der Waals surface area contributed by atoms with Crippen molar-refractivity contribution in [3.8, 4) is 11.5 Å². The number of hydrogen-bond donors (Lipinski definition) is 0. The Balaban J connectivity index is 1.42. The van der Waals surface area contributed by atoms with Crippen molar-refractivity contribution >= 4 is 11.8 Å². The first-order chi connectivity index (χ1) is 16.9. The summed E-state index contributed by atoms with van der Waals surface area (Å²) in [5.41, 5.74) is 1.94. The molecule has 8 heteroatoms. The van der Waals surface area contributed by atoms with E-state index in [4.69, 9.17) is 33.2 Å². The first kappa shape index (κ1) is 26.3. The normalized spacial score (nSPS) is 27.4. The number of hydrogen-bond acceptors (Lipinski definition) is 8. The molecule has 2 fully saturated rings. The van der Waals surface area contributed by atoms with Crippen LogP contribution in [0.4, 0.5) is 0 Å². The van der Waals surface area contributed by atoms with Crippen molar-refractivity contribution in [2.45, 2.75) is 69.6 Å². The average molecular weight is 505 g/mol. The first-order valence-corrected chi connectivity index (χ1v) is 13.0. The summed E-state index contributed by atoms with van der Waals surface area (Å²) in [4.78, 5) is 0. The molecule has 192 valence electrons. The van der Waals surface area contributed by atoms with E-state index < -0.39 is 5.79 Å². The topological polar surface area (TPSA) is 64.6 Å². The smallest absolute Gasteiger partial charge is 0.164 e. The summed E-state index contributed by atoms with van der Waals surface area (Å²) >= 11 is 1.72. The Labute approximate surface area is 212 Å². The van der Waals surface area contributed by atoms with E-state index in [1.54, 1.807) is 26.0 Å². The second-order valence-electron chi connectivity index (χ2n) is 9.05. The number of methoxy groups -OCH3 is 2. The number of ether oxygens (including phenoxy) is 7. The summed E-state index contributed by atoms with van der Waals surface area (Å²) in [6, 6.07) is 15.8. The third-order valence-electron chi connectivity index (χ3n) is 6.07. The zero-order valence-corrected chi connectivity index (χ0v) is 21.9. The quantitative estimate of drug-likeness (QED) is 0.432. The maximum Gasteiger partial charge on any atom is 0.164 e.